The molecule has 0 bridgehead atoms. The van der Waals surface area contributed by atoms with Gasteiger partial charge in [-0.3, -0.25) is 0 Å². The van der Waals surface area contributed by atoms with Crippen LogP contribution in [-0.4, -0.2) is 8.05 Å². The van der Waals surface area contributed by atoms with E-state index in [1.165, 1.54) is 128 Å². The second-order valence-corrected chi connectivity index (χ2v) is 27.1. The van der Waals surface area contributed by atoms with E-state index in [0.29, 0.717) is 0 Å². The molecule has 3 aromatic carbocycles. The summed E-state index contributed by atoms with van der Waals surface area (Å²) >= 11 is 0. The fourth-order valence-corrected chi connectivity index (χ4v) is 23.4. The Hall–Kier alpha value is -1.82. The third-order valence-electron chi connectivity index (χ3n) is 22.1. The summed E-state index contributed by atoms with van der Waals surface area (Å²) < 4.78 is 0. The van der Waals surface area contributed by atoms with Crippen LogP contribution in [0.3, 0.4) is 0 Å². The molecule has 0 aliphatic heterocycles. The van der Waals surface area contributed by atoms with Gasteiger partial charge in [-0.1, -0.05) is 161 Å². The summed E-state index contributed by atoms with van der Waals surface area (Å²) in [6, 6.07) is 18.3. The van der Waals surface area contributed by atoms with Gasteiger partial charge in [-0.05, 0) is 227 Å². The lowest BCUT2D eigenvalue weighted by Crippen LogP contribution is -2.45. The van der Waals surface area contributed by atoms with E-state index in [2.05, 4.69) is 153 Å². The van der Waals surface area contributed by atoms with Crippen LogP contribution < -0.4 is 15.7 Å². The summed E-state index contributed by atoms with van der Waals surface area (Å²) in [5, 5.41) is 5.45. The molecule has 0 heterocycles. The van der Waals surface area contributed by atoms with Crippen LogP contribution in [0.5, 0.6) is 0 Å². The Kier molecular flexibility index (Phi) is 14.3. The van der Waals surface area contributed by atoms with Crippen LogP contribution >= 0.6 is 7.72 Å². The van der Waals surface area contributed by atoms with Crippen molar-refractivity contribution in [2.24, 2.45) is 0 Å². The molecule has 0 saturated heterocycles. The average Bonchev–Trinajstić information content (AvgIpc) is 4.03. The van der Waals surface area contributed by atoms with Crippen molar-refractivity contribution in [3.8, 4) is 0 Å². The Balaban J connectivity index is 1.84. The summed E-state index contributed by atoms with van der Waals surface area (Å²) in [6.45, 7) is 41.1. The molecule has 352 valence electrons. The van der Waals surface area contributed by atoms with Crippen LogP contribution in [0.25, 0.3) is 0 Å². The van der Waals surface area contributed by atoms with Gasteiger partial charge in [-0.2, -0.15) is 0 Å². The summed E-state index contributed by atoms with van der Waals surface area (Å²) in [5.41, 5.74) is 16.5. The first kappa shape index (κ1) is 50.1. The number of rotatable bonds is 19. The molecule has 4 aliphatic rings. The van der Waals surface area contributed by atoms with Crippen LogP contribution in [0.2, 0.25) is 0 Å². The normalized spacial score (nSPS) is 22.0. The lowest BCUT2D eigenvalue weighted by atomic mass is 9.70. The van der Waals surface area contributed by atoms with E-state index in [1.54, 1.807) is 35.2 Å². The molecule has 0 amide bonds. The van der Waals surface area contributed by atoms with Crippen molar-refractivity contribution < 1.29 is 0 Å². The molecule has 0 spiro atoms. The minimum atomic E-state index is -1.41. The van der Waals surface area contributed by atoms with Crippen molar-refractivity contribution in [3.63, 3.8) is 0 Å². The molecule has 0 unspecified atom stereocenters. The second-order valence-electron chi connectivity index (χ2n) is 22.6. The zero-order valence-electron chi connectivity index (χ0n) is 44.6. The number of hydrogen-bond acceptors (Lipinski definition) is 0. The van der Waals surface area contributed by atoms with Gasteiger partial charge in [0.15, 0.2) is 0 Å². The van der Waals surface area contributed by atoms with Gasteiger partial charge < -0.3 is 0 Å². The standard InChI is InChI=1S/C62H95PSi/c1-17-55(18-2)40-59(25-9,26-10)49-45(55)38-46-50(60(27-11,28-12)41-56(46,19-3)20-4)53(49)63-64(44-36-34-33-35-37-44)54-51-47(57(21-5,22-6)42-61(51,29-13)30-14)39-48-52(54)62(31-15,32-16)43-58(48,23-7)24-8/h33-39H,17-32,40-43H2,1-16H3. The summed E-state index contributed by atoms with van der Waals surface area (Å²) in [4.78, 5) is 0. The zero-order valence-corrected chi connectivity index (χ0v) is 46.5. The van der Waals surface area contributed by atoms with Gasteiger partial charge in [-0.15, -0.1) is 0 Å². The fraction of sp³-hybridized carbons (Fsp3) is 0.710. The third kappa shape index (κ3) is 6.64. The maximum Gasteiger partial charge on any atom is 0.117 e. The Morgan fingerprint density at radius 3 is 0.859 bits per heavy atom. The Morgan fingerprint density at radius 2 is 0.594 bits per heavy atom. The maximum absolute atomic E-state index is 2.96. The monoisotopic (exact) mass is 899 g/mol. The first-order valence-corrected chi connectivity index (χ1v) is 31.0. The van der Waals surface area contributed by atoms with E-state index < -0.39 is 8.05 Å². The molecule has 64 heavy (non-hydrogen) atoms. The van der Waals surface area contributed by atoms with Crippen LogP contribution in [0.4, 0.5) is 0 Å². The van der Waals surface area contributed by atoms with Crippen LogP contribution in [0, 0.1) is 0 Å². The van der Waals surface area contributed by atoms with Crippen molar-refractivity contribution in [3.05, 3.63) is 87.0 Å². The highest BCUT2D eigenvalue weighted by Crippen LogP contribution is 2.64. The van der Waals surface area contributed by atoms with E-state index in [9.17, 15) is 0 Å². The van der Waals surface area contributed by atoms with Crippen molar-refractivity contribution in [1.82, 2.24) is 0 Å². The van der Waals surface area contributed by atoms with Crippen molar-refractivity contribution in [1.29, 1.82) is 0 Å². The molecular formula is C62H95PSi. The number of hydrogen-bond donors (Lipinski definition) is 0. The van der Waals surface area contributed by atoms with E-state index in [1.807, 2.05) is 32.7 Å². The molecule has 3 aromatic rings. The summed E-state index contributed by atoms with van der Waals surface area (Å²) in [5.74, 6) is 0. The van der Waals surface area contributed by atoms with Gasteiger partial charge in [0.2, 0.25) is 0 Å². The van der Waals surface area contributed by atoms with Gasteiger partial charge in [0, 0.05) is 5.30 Å². The molecule has 0 aromatic heterocycles. The van der Waals surface area contributed by atoms with Gasteiger partial charge in [-0.25, -0.2) is 0 Å². The smallest absolute Gasteiger partial charge is 0.0896 e. The molecular weight excluding hydrogens is 804 g/mol. The SMILES string of the molecule is CCC1(CC)CC(CC)(CC)c2c1cc1c(c2P=[Si](c2ccccc2)c2c3c(cc4c2C(CC)(CC)CC4(CC)CC)C(CC)(CC)CC3(CC)CC)C(CC)(CC)CC1(CC)CC. The average molecular weight is 900 g/mol. The number of fused-ring (bicyclic) bond motifs is 4. The lowest BCUT2D eigenvalue weighted by Gasteiger charge is -2.37. The molecule has 0 atom stereocenters. The van der Waals surface area contributed by atoms with Crippen LogP contribution in [-0.2, 0) is 43.3 Å². The Bertz CT molecular complexity index is 2050. The largest absolute Gasteiger partial charge is 0.117 e. The van der Waals surface area contributed by atoms with Crippen molar-refractivity contribution in [2.75, 3.05) is 0 Å². The molecule has 0 N–H and O–H groups in total. The number of benzene rings is 3. The highest BCUT2D eigenvalue weighted by Gasteiger charge is 2.59. The summed E-state index contributed by atoms with van der Waals surface area (Å²) in [7, 11) is 0.255. The topological polar surface area (TPSA) is 0 Å². The van der Waals surface area contributed by atoms with E-state index in [0.717, 1.165) is 0 Å². The Morgan fingerprint density at radius 1 is 0.344 bits per heavy atom. The van der Waals surface area contributed by atoms with Crippen LogP contribution in [0.1, 0.15) is 284 Å². The molecule has 0 nitrogen and oxygen atoms in total. The van der Waals surface area contributed by atoms with Crippen molar-refractivity contribution in [2.45, 2.75) is 283 Å². The minimum Gasteiger partial charge on any atom is -0.0896 e. The summed E-state index contributed by atoms with van der Waals surface area (Å²) in [6.07, 6.45) is 25.2. The molecule has 2 heteroatoms. The minimum absolute atomic E-state index is 0.204. The second kappa shape index (κ2) is 18.3. The first-order chi connectivity index (χ1) is 30.7. The third-order valence-corrected chi connectivity index (χ3v) is 27.6. The highest BCUT2D eigenvalue weighted by molar-refractivity contribution is 7.63. The molecule has 0 fully saturated rings. The molecule has 7 rings (SSSR count). The highest BCUT2D eigenvalue weighted by atomic mass is 31.2. The van der Waals surface area contributed by atoms with Gasteiger partial charge in [0.05, 0.1) is 0 Å². The fourth-order valence-electron chi connectivity index (χ4n) is 16.8. The zero-order chi connectivity index (χ0) is 46.7. The van der Waals surface area contributed by atoms with Crippen LogP contribution in [0.15, 0.2) is 42.5 Å². The molecule has 0 radical (unpaired) electrons. The predicted octanol–water partition coefficient (Wildman–Crippen LogP) is 17.1. The van der Waals surface area contributed by atoms with E-state index in [4.69, 9.17) is 0 Å². The van der Waals surface area contributed by atoms with Gasteiger partial charge in [0.1, 0.15) is 8.05 Å². The van der Waals surface area contributed by atoms with Crippen molar-refractivity contribution >= 4 is 31.4 Å². The van der Waals surface area contributed by atoms with E-state index >= 15 is 0 Å². The van der Waals surface area contributed by atoms with Gasteiger partial charge in [0.25, 0.3) is 0 Å². The molecule has 4 aliphatic carbocycles. The quantitative estimate of drug-likeness (QED) is 0.0831. The predicted molar refractivity (Wildman–Crippen MR) is 287 cm³/mol. The maximum atomic E-state index is 2.96. The van der Waals surface area contributed by atoms with Gasteiger partial charge >= 0.3 is 0 Å². The molecule has 0 saturated carbocycles. The Labute approximate surface area is 398 Å². The lowest BCUT2D eigenvalue weighted by molar-refractivity contribution is 0.278. The first-order valence-electron chi connectivity index (χ1n) is 27.8. The van der Waals surface area contributed by atoms with E-state index in [-0.39, 0.29) is 43.3 Å².